The van der Waals surface area contributed by atoms with Gasteiger partial charge in [0, 0.05) is 18.2 Å². The van der Waals surface area contributed by atoms with Gasteiger partial charge in [0.25, 0.3) is 0 Å². The average Bonchev–Trinajstić information content (AvgIpc) is 2.51. The highest BCUT2D eigenvalue weighted by Crippen LogP contribution is 2.32. The average molecular weight is 361 g/mol. The predicted octanol–water partition coefficient (Wildman–Crippen LogP) is 2.73. The molecule has 138 valence electrons. The molecule has 1 aromatic rings. The first kappa shape index (κ1) is 19.2. The third kappa shape index (κ3) is 5.15. The van der Waals surface area contributed by atoms with Crippen LogP contribution in [0.5, 0.6) is 0 Å². The van der Waals surface area contributed by atoms with E-state index in [9.17, 15) is 27.2 Å². The second kappa shape index (κ2) is 7.81. The van der Waals surface area contributed by atoms with Crippen molar-refractivity contribution in [2.75, 3.05) is 18.5 Å². The van der Waals surface area contributed by atoms with E-state index in [0.717, 1.165) is 18.9 Å². The van der Waals surface area contributed by atoms with Crippen molar-refractivity contribution in [1.82, 2.24) is 10.2 Å². The standard InChI is InChI=1S/C16H19F4N3O2/c1-2-3-10-7-15(25)23(9-21-10)8-14(24)22-11-4-5-13(17)12(6-11)16(18,19)20/h4-6,10,21H,2-3,7-9H2,1H3,(H,22,24). The second-order valence-corrected chi connectivity index (χ2v) is 5.88. The first-order valence-electron chi connectivity index (χ1n) is 7.88. The Morgan fingerprint density at radius 2 is 2.12 bits per heavy atom. The Bertz CT molecular complexity index is 649. The zero-order valence-corrected chi connectivity index (χ0v) is 13.6. The van der Waals surface area contributed by atoms with Crippen molar-refractivity contribution in [1.29, 1.82) is 0 Å². The number of rotatable bonds is 5. The van der Waals surface area contributed by atoms with Crippen molar-refractivity contribution in [2.45, 2.75) is 38.4 Å². The number of hydrogen-bond acceptors (Lipinski definition) is 3. The fraction of sp³-hybridized carbons (Fsp3) is 0.500. The van der Waals surface area contributed by atoms with E-state index in [-0.39, 0.29) is 37.3 Å². The topological polar surface area (TPSA) is 61.4 Å². The summed E-state index contributed by atoms with van der Waals surface area (Å²) in [6.07, 6.45) is -2.80. The van der Waals surface area contributed by atoms with E-state index >= 15 is 0 Å². The van der Waals surface area contributed by atoms with Gasteiger partial charge >= 0.3 is 6.18 Å². The number of halogens is 4. The third-order valence-electron chi connectivity index (χ3n) is 3.87. The molecule has 1 aliphatic heterocycles. The second-order valence-electron chi connectivity index (χ2n) is 5.88. The maximum Gasteiger partial charge on any atom is 0.419 e. The van der Waals surface area contributed by atoms with Gasteiger partial charge < -0.3 is 10.2 Å². The zero-order valence-electron chi connectivity index (χ0n) is 13.6. The minimum absolute atomic E-state index is 0.0725. The number of alkyl halides is 3. The van der Waals surface area contributed by atoms with Crippen LogP contribution in [-0.4, -0.2) is 36.0 Å². The Labute approximate surface area is 142 Å². The highest BCUT2D eigenvalue weighted by Gasteiger charge is 2.34. The Hall–Kier alpha value is -2.16. The lowest BCUT2D eigenvalue weighted by Crippen LogP contribution is -2.52. The lowest BCUT2D eigenvalue weighted by Gasteiger charge is -2.32. The van der Waals surface area contributed by atoms with Crippen LogP contribution >= 0.6 is 0 Å². The molecule has 2 N–H and O–H groups in total. The summed E-state index contributed by atoms with van der Waals surface area (Å²) >= 11 is 0. The van der Waals surface area contributed by atoms with Crippen LogP contribution in [0.1, 0.15) is 31.7 Å². The van der Waals surface area contributed by atoms with Crippen LogP contribution in [-0.2, 0) is 15.8 Å². The van der Waals surface area contributed by atoms with Gasteiger partial charge in [0.2, 0.25) is 11.8 Å². The summed E-state index contributed by atoms with van der Waals surface area (Å²) in [5.74, 6) is -2.26. The largest absolute Gasteiger partial charge is 0.419 e. The molecular weight excluding hydrogens is 342 g/mol. The van der Waals surface area contributed by atoms with E-state index in [1.807, 2.05) is 6.92 Å². The summed E-state index contributed by atoms with van der Waals surface area (Å²) in [6, 6.07) is 2.28. The van der Waals surface area contributed by atoms with Gasteiger partial charge in [-0.2, -0.15) is 13.2 Å². The molecule has 2 rings (SSSR count). The van der Waals surface area contributed by atoms with Crippen molar-refractivity contribution >= 4 is 17.5 Å². The zero-order chi connectivity index (χ0) is 18.6. The van der Waals surface area contributed by atoms with Crippen LogP contribution in [0.15, 0.2) is 18.2 Å². The van der Waals surface area contributed by atoms with Gasteiger partial charge in [0.05, 0.1) is 12.2 Å². The number of benzene rings is 1. The third-order valence-corrected chi connectivity index (χ3v) is 3.87. The lowest BCUT2D eigenvalue weighted by molar-refractivity contribution is -0.140. The van der Waals surface area contributed by atoms with Crippen LogP contribution in [0.3, 0.4) is 0 Å². The van der Waals surface area contributed by atoms with Crippen LogP contribution < -0.4 is 10.6 Å². The maximum absolute atomic E-state index is 13.2. The molecule has 0 saturated carbocycles. The summed E-state index contributed by atoms with van der Waals surface area (Å²) in [7, 11) is 0. The number of carbonyl (C=O) groups excluding carboxylic acids is 2. The van der Waals surface area contributed by atoms with Gasteiger partial charge in [0.1, 0.15) is 12.4 Å². The molecule has 1 unspecified atom stereocenters. The number of nitrogens with zero attached hydrogens (tertiary/aromatic N) is 1. The van der Waals surface area contributed by atoms with Gasteiger partial charge in [-0.15, -0.1) is 0 Å². The Kier molecular flexibility index (Phi) is 5.99. The number of carbonyl (C=O) groups is 2. The summed E-state index contributed by atoms with van der Waals surface area (Å²) < 4.78 is 51.3. The predicted molar refractivity (Wildman–Crippen MR) is 83.1 cm³/mol. The molecule has 5 nitrogen and oxygen atoms in total. The summed E-state index contributed by atoms with van der Waals surface area (Å²) in [5.41, 5.74) is -1.64. The van der Waals surface area contributed by atoms with Crippen molar-refractivity contribution in [3.63, 3.8) is 0 Å². The molecule has 0 radical (unpaired) electrons. The number of hydrogen-bond donors (Lipinski definition) is 2. The van der Waals surface area contributed by atoms with E-state index in [1.165, 1.54) is 4.90 Å². The van der Waals surface area contributed by atoms with Crippen molar-refractivity contribution in [2.24, 2.45) is 0 Å². The highest BCUT2D eigenvalue weighted by molar-refractivity contribution is 5.94. The number of amides is 2. The van der Waals surface area contributed by atoms with E-state index in [0.29, 0.717) is 12.1 Å². The summed E-state index contributed by atoms with van der Waals surface area (Å²) in [4.78, 5) is 25.3. The molecule has 2 amide bonds. The van der Waals surface area contributed by atoms with Crippen molar-refractivity contribution in [3.8, 4) is 0 Å². The fourth-order valence-corrected chi connectivity index (χ4v) is 2.63. The van der Waals surface area contributed by atoms with Gasteiger partial charge in [0.15, 0.2) is 0 Å². The molecule has 25 heavy (non-hydrogen) atoms. The summed E-state index contributed by atoms with van der Waals surface area (Å²) in [6.45, 7) is 1.92. The minimum Gasteiger partial charge on any atom is -0.325 e. The molecule has 1 atom stereocenters. The Morgan fingerprint density at radius 1 is 1.40 bits per heavy atom. The first-order chi connectivity index (χ1) is 11.7. The Morgan fingerprint density at radius 3 is 2.72 bits per heavy atom. The van der Waals surface area contributed by atoms with E-state index in [2.05, 4.69) is 10.6 Å². The van der Waals surface area contributed by atoms with Crippen LogP contribution in [0.25, 0.3) is 0 Å². The first-order valence-corrected chi connectivity index (χ1v) is 7.88. The number of nitrogens with one attached hydrogen (secondary N) is 2. The van der Waals surface area contributed by atoms with Crippen LogP contribution in [0, 0.1) is 5.82 Å². The van der Waals surface area contributed by atoms with E-state index in [1.54, 1.807) is 0 Å². The molecule has 1 saturated heterocycles. The van der Waals surface area contributed by atoms with Crippen LogP contribution in [0.4, 0.5) is 23.2 Å². The molecule has 9 heteroatoms. The van der Waals surface area contributed by atoms with Crippen molar-refractivity contribution < 1.29 is 27.2 Å². The molecule has 0 bridgehead atoms. The van der Waals surface area contributed by atoms with Gasteiger partial charge in [-0.1, -0.05) is 13.3 Å². The Balaban J connectivity index is 1.96. The molecule has 0 spiro atoms. The molecule has 0 aromatic heterocycles. The SMILES string of the molecule is CCCC1CC(=O)N(CC(=O)Nc2ccc(F)c(C(F)(F)F)c2)CN1. The maximum atomic E-state index is 13.2. The van der Waals surface area contributed by atoms with Gasteiger partial charge in [-0.25, -0.2) is 4.39 Å². The van der Waals surface area contributed by atoms with Gasteiger partial charge in [-0.05, 0) is 24.6 Å². The molecule has 1 aromatic carbocycles. The van der Waals surface area contributed by atoms with E-state index < -0.39 is 23.5 Å². The monoisotopic (exact) mass is 361 g/mol. The molecule has 1 fully saturated rings. The fourth-order valence-electron chi connectivity index (χ4n) is 2.63. The highest BCUT2D eigenvalue weighted by atomic mass is 19.4. The number of anilines is 1. The van der Waals surface area contributed by atoms with Gasteiger partial charge in [-0.3, -0.25) is 14.9 Å². The van der Waals surface area contributed by atoms with Crippen molar-refractivity contribution in [3.05, 3.63) is 29.6 Å². The molecular formula is C16H19F4N3O2. The van der Waals surface area contributed by atoms with E-state index in [4.69, 9.17) is 0 Å². The molecule has 1 heterocycles. The lowest BCUT2D eigenvalue weighted by atomic mass is 10.1. The summed E-state index contributed by atoms with van der Waals surface area (Å²) in [5, 5.41) is 5.39. The normalized spacial score (nSPS) is 18.4. The molecule has 0 aliphatic carbocycles. The quantitative estimate of drug-likeness (QED) is 0.793. The molecule has 1 aliphatic rings. The smallest absolute Gasteiger partial charge is 0.325 e. The minimum atomic E-state index is -4.86. The van der Waals surface area contributed by atoms with Crippen LogP contribution in [0.2, 0.25) is 0 Å².